The fraction of sp³-hybridized carbons (Fsp3) is 0.692. The highest BCUT2D eigenvalue weighted by molar-refractivity contribution is 4.97. The molecule has 3 heteroatoms. The van der Waals surface area contributed by atoms with Crippen molar-refractivity contribution >= 4 is 0 Å². The van der Waals surface area contributed by atoms with Crippen LogP contribution < -0.4 is 5.32 Å². The molecule has 0 aliphatic rings. The van der Waals surface area contributed by atoms with E-state index in [1.807, 2.05) is 19.2 Å². The molecular weight excluding hydrogens is 200 g/mol. The highest BCUT2D eigenvalue weighted by atomic mass is 16.3. The van der Waals surface area contributed by atoms with E-state index in [0.29, 0.717) is 0 Å². The van der Waals surface area contributed by atoms with Crippen LogP contribution >= 0.6 is 0 Å². The predicted molar refractivity (Wildman–Crippen MR) is 67.4 cm³/mol. The van der Waals surface area contributed by atoms with E-state index in [-0.39, 0.29) is 0 Å². The second kappa shape index (κ2) is 8.36. The average Bonchev–Trinajstić information content (AvgIpc) is 2.76. The first kappa shape index (κ1) is 13.3. The van der Waals surface area contributed by atoms with E-state index in [4.69, 9.17) is 4.42 Å². The first-order valence-corrected chi connectivity index (χ1v) is 6.18. The van der Waals surface area contributed by atoms with Crippen molar-refractivity contribution in [1.29, 1.82) is 0 Å². The molecule has 0 fully saturated rings. The molecule has 0 bridgehead atoms. The molecule has 1 heterocycles. The predicted octanol–water partition coefficient (Wildman–Crippen LogP) is 2.49. The molecule has 0 aliphatic heterocycles. The van der Waals surface area contributed by atoms with E-state index in [2.05, 4.69) is 17.3 Å². The Hall–Kier alpha value is -0.800. The third kappa shape index (κ3) is 5.93. The third-order valence-corrected chi connectivity index (χ3v) is 2.72. The van der Waals surface area contributed by atoms with Gasteiger partial charge in [-0.2, -0.15) is 0 Å². The second-order valence-electron chi connectivity index (χ2n) is 4.33. The van der Waals surface area contributed by atoms with E-state index in [1.54, 1.807) is 6.26 Å². The molecule has 1 aromatic rings. The molecule has 0 saturated carbocycles. The fourth-order valence-corrected chi connectivity index (χ4v) is 1.78. The molecule has 3 nitrogen and oxygen atoms in total. The number of hydrogen-bond donors (Lipinski definition) is 1. The summed E-state index contributed by atoms with van der Waals surface area (Å²) in [4.78, 5) is 2.32. The lowest BCUT2D eigenvalue weighted by Gasteiger charge is -2.14. The summed E-state index contributed by atoms with van der Waals surface area (Å²) >= 11 is 0. The van der Waals surface area contributed by atoms with E-state index in [1.165, 1.54) is 25.7 Å². The zero-order chi connectivity index (χ0) is 11.6. The number of nitrogens with one attached hydrogen (secondary N) is 1. The van der Waals surface area contributed by atoms with Crippen LogP contribution in [0.25, 0.3) is 0 Å². The number of hydrogen-bond acceptors (Lipinski definition) is 3. The summed E-state index contributed by atoms with van der Waals surface area (Å²) in [5.41, 5.74) is 0. The summed E-state index contributed by atoms with van der Waals surface area (Å²) in [6.07, 6.45) is 6.96. The first-order valence-electron chi connectivity index (χ1n) is 6.18. The largest absolute Gasteiger partial charge is 0.468 e. The number of nitrogens with zero attached hydrogens (tertiary/aromatic N) is 1. The molecule has 0 unspecified atom stereocenters. The smallest absolute Gasteiger partial charge is 0.117 e. The number of rotatable bonds is 9. The monoisotopic (exact) mass is 224 g/mol. The molecule has 1 rings (SSSR count). The van der Waals surface area contributed by atoms with Crippen LogP contribution in [0.1, 0.15) is 31.4 Å². The Morgan fingerprint density at radius 1 is 1.25 bits per heavy atom. The summed E-state index contributed by atoms with van der Waals surface area (Å²) in [7, 11) is 4.16. The van der Waals surface area contributed by atoms with Crippen LogP contribution in [0.3, 0.4) is 0 Å². The van der Waals surface area contributed by atoms with Gasteiger partial charge in [0.2, 0.25) is 0 Å². The molecule has 0 saturated heterocycles. The minimum Gasteiger partial charge on any atom is -0.468 e. The molecule has 92 valence electrons. The van der Waals surface area contributed by atoms with Gasteiger partial charge < -0.3 is 9.73 Å². The van der Waals surface area contributed by atoms with Gasteiger partial charge in [0.15, 0.2) is 0 Å². The van der Waals surface area contributed by atoms with Crippen molar-refractivity contribution in [1.82, 2.24) is 10.2 Å². The Bertz CT molecular complexity index is 246. The van der Waals surface area contributed by atoms with Crippen LogP contribution in [-0.4, -0.2) is 32.1 Å². The van der Waals surface area contributed by atoms with Crippen LogP contribution in [0.5, 0.6) is 0 Å². The van der Waals surface area contributed by atoms with E-state index in [0.717, 1.165) is 25.4 Å². The van der Waals surface area contributed by atoms with Crippen molar-refractivity contribution in [3.05, 3.63) is 24.2 Å². The maximum atomic E-state index is 5.31. The van der Waals surface area contributed by atoms with Gasteiger partial charge in [0.25, 0.3) is 0 Å². The van der Waals surface area contributed by atoms with E-state index in [9.17, 15) is 0 Å². The Labute approximate surface area is 98.8 Å². The number of unbranched alkanes of at least 4 members (excludes halogenated alkanes) is 3. The van der Waals surface area contributed by atoms with Crippen molar-refractivity contribution in [3.8, 4) is 0 Å². The average molecular weight is 224 g/mol. The Balaban J connectivity index is 1.96. The van der Waals surface area contributed by atoms with Crippen LogP contribution in [0, 0.1) is 0 Å². The fourth-order valence-electron chi connectivity index (χ4n) is 1.78. The summed E-state index contributed by atoms with van der Waals surface area (Å²) in [5.74, 6) is 1.05. The molecule has 1 aromatic heterocycles. The highest BCUT2D eigenvalue weighted by Gasteiger charge is 2.01. The van der Waals surface area contributed by atoms with E-state index < -0.39 is 0 Å². The summed E-state index contributed by atoms with van der Waals surface area (Å²) < 4.78 is 5.31. The SMILES string of the molecule is CNCCCCCCN(C)Cc1ccco1. The zero-order valence-corrected chi connectivity index (χ0v) is 10.5. The molecule has 0 aliphatic carbocycles. The minimum atomic E-state index is 0.920. The molecule has 0 amide bonds. The van der Waals surface area contributed by atoms with Crippen molar-refractivity contribution in [2.24, 2.45) is 0 Å². The normalized spacial score (nSPS) is 11.2. The molecule has 1 N–H and O–H groups in total. The Morgan fingerprint density at radius 3 is 2.75 bits per heavy atom. The van der Waals surface area contributed by atoms with Gasteiger partial charge in [-0.25, -0.2) is 0 Å². The topological polar surface area (TPSA) is 28.4 Å². The third-order valence-electron chi connectivity index (χ3n) is 2.72. The van der Waals surface area contributed by atoms with Gasteiger partial charge in [0, 0.05) is 0 Å². The summed E-state index contributed by atoms with van der Waals surface area (Å²) in [6, 6.07) is 3.98. The van der Waals surface area contributed by atoms with Crippen LogP contribution in [-0.2, 0) is 6.54 Å². The highest BCUT2D eigenvalue weighted by Crippen LogP contribution is 2.06. The quantitative estimate of drug-likeness (QED) is 0.653. The second-order valence-corrected chi connectivity index (χ2v) is 4.33. The van der Waals surface area contributed by atoms with Gasteiger partial charge in [-0.1, -0.05) is 12.8 Å². The van der Waals surface area contributed by atoms with Gasteiger partial charge >= 0.3 is 0 Å². The van der Waals surface area contributed by atoms with Crippen molar-refractivity contribution < 1.29 is 4.42 Å². The Morgan fingerprint density at radius 2 is 2.06 bits per heavy atom. The lowest BCUT2D eigenvalue weighted by Crippen LogP contribution is -2.18. The van der Waals surface area contributed by atoms with Crippen LogP contribution in [0.2, 0.25) is 0 Å². The van der Waals surface area contributed by atoms with Gasteiger partial charge in [-0.3, -0.25) is 4.90 Å². The maximum absolute atomic E-state index is 5.31. The van der Waals surface area contributed by atoms with Crippen LogP contribution in [0.15, 0.2) is 22.8 Å². The first-order chi connectivity index (χ1) is 7.83. The van der Waals surface area contributed by atoms with Crippen molar-refractivity contribution in [2.75, 3.05) is 27.2 Å². The molecular formula is C13H24N2O. The zero-order valence-electron chi connectivity index (χ0n) is 10.5. The van der Waals surface area contributed by atoms with Gasteiger partial charge in [-0.05, 0) is 52.2 Å². The maximum Gasteiger partial charge on any atom is 0.117 e. The molecule has 0 aromatic carbocycles. The van der Waals surface area contributed by atoms with Crippen molar-refractivity contribution in [2.45, 2.75) is 32.2 Å². The lowest BCUT2D eigenvalue weighted by molar-refractivity contribution is 0.288. The lowest BCUT2D eigenvalue weighted by atomic mass is 10.2. The minimum absolute atomic E-state index is 0.920. The Kier molecular flexibility index (Phi) is 6.93. The number of furan rings is 1. The molecule has 0 spiro atoms. The van der Waals surface area contributed by atoms with Gasteiger partial charge in [0.1, 0.15) is 5.76 Å². The van der Waals surface area contributed by atoms with Crippen molar-refractivity contribution in [3.63, 3.8) is 0 Å². The van der Waals surface area contributed by atoms with Gasteiger partial charge in [0.05, 0.1) is 12.8 Å². The summed E-state index contributed by atoms with van der Waals surface area (Å²) in [5, 5.41) is 3.17. The molecule has 0 atom stereocenters. The molecule has 0 radical (unpaired) electrons. The molecule has 16 heavy (non-hydrogen) atoms. The van der Waals surface area contributed by atoms with E-state index >= 15 is 0 Å². The van der Waals surface area contributed by atoms with Gasteiger partial charge in [-0.15, -0.1) is 0 Å². The summed E-state index contributed by atoms with van der Waals surface area (Å²) in [6.45, 7) is 3.21. The standard InChI is InChI=1S/C13H24N2O/c1-14-9-5-3-4-6-10-15(2)12-13-8-7-11-16-13/h7-8,11,14H,3-6,9-10,12H2,1-2H3. The van der Waals surface area contributed by atoms with Crippen LogP contribution in [0.4, 0.5) is 0 Å².